The number of aromatic nitrogens is 1. The van der Waals surface area contributed by atoms with E-state index in [2.05, 4.69) is 5.32 Å². The van der Waals surface area contributed by atoms with Gasteiger partial charge in [-0.15, -0.1) is 24.0 Å². The molecule has 0 amide bonds. The topological polar surface area (TPSA) is 34.1 Å². The number of alkyl halides is 1. The van der Waals surface area contributed by atoms with Crippen molar-refractivity contribution < 1.29 is 4.74 Å². The minimum Gasteiger partial charge on any atom is -0.497 e. The predicted octanol–water partition coefficient (Wildman–Crippen LogP) is 6.25. The Balaban J connectivity index is 0.00000243. The van der Waals surface area contributed by atoms with Crippen molar-refractivity contribution >= 4 is 74.9 Å². The largest absolute Gasteiger partial charge is 0.497 e. The third kappa shape index (κ3) is 5.01. The zero-order valence-corrected chi connectivity index (χ0v) is 17.6. The molecule has 1 heterocycles. The number of hydrogen-bond acceptors (Lipinski definition) is 4. The van der Waals surface area contributed by atoms with Gasteiger partial charge < -0.3 is 10.1 Å². The molecule has 0 aliphatic carbocycles. The van der Waals surface area contributed by atoms with E-state index < -0.39 is 0 Å². The van der Waals surface area contributed by atoms with Crippen molar-refractivity contribution in [2.45, 2.75) is 6.42 Å². The number of nitrogens with one attached hydrogen (secondary N) is 1. The summed E-state index contributed by atoms with van der Waals surface area (Å²) in [6.45, 7) is 0.892. The van der Waals surface area contributed by atoms with Gasteiger partial charge in [-0.2, -0.15) is 11.8 Å². The highest BCUT2D eigenvalue weighted by molar-refractivity contribution is 7.99. The first-order valence-electron chi connectivity index (χ1n) is 8.17. The van der Waals surface area contributed by atoms with Gasteiger partial charge in [0.1, 0.15) is 5.75 Å². The summed E-state index contributed by atoms with van der Waals surface area (Å²) in [6.07, 6.45) is 1.07. The van der Waals surface area contributed by atoms with E-state index in [0.29, 0.717) is 10.9 Å². The zero-order valence-electron chi connectivity index (χ0n) is 14.4. The standard InChI is InChI=1S/C19H20Cl2N2OS.ClH/c1-24-14-4-6-17-16(12-14)19(22-8-2-9-25-10-7-20)15-5-3-13(21)11-18(15)23-17;/h3-6,11-12H,2,7-10H2,1H3,(H,22,23);1H. The van der Waals surface area contributed by atoms with Crippen LogP contribution in [0.1, 0.15) is 6.42 Å². The van der Waals surface area contributed by atoms with Crippen LogP contribution >= 0.6 is 47.4 Å². The van der Waals surface area contributed by atoms with E-state index in [9.17, 15) is 0 Å². The van der Waals surface area contributed by atoms with Gasteiger partial charge in [-0.3, -0.25) is 0 Å². The molecule has 0 aliphatic rings. The lowest BCUT2D eigenvalue weighted by molar-refractivity contribution is 0.415. The number of nitrogens with zero attached hydrogens (tertiary/aromatic N) is 1. The van der Waals surface area contributed by atoms with E-state index in [1.54, 1.807) is 7.11 Å². The third-order valence-corrected chi connectivity index (χ3v) is 5.65. The molecule has 140 valence electrons. The van der Waals surface area contributed by atoms with Crippen LogP contribution in [-0.4, -0.2) is 36.0 Å². The van der Waals surface area contributed by atoms with Crippen LogP contribution in [0.2, 0.25) is 5.02 Å². The zero-order chi connectivity index (χ0) is 17.6. The number of rotatable bonds is 8. The quantitative estimate of drug-likeness (QED) is 0.260. The molecule has 3 aromatic rings. The van der Waals surface area contributed by atoms with Crippen molar-refractivity contribution in [2.24, 2.45) is 0 Å². The van der Waals surface area contributed by atoms with Gasteiger partial charge in [-0.05, 0) is 48.6 Å². The van der Waals surface area contributed by atoms with E-state index in [-0.39, 0.29) is 12.4 Å². The van der Waals surface area contributed by atoms with Crippen LogP contribution in [0.15, 0.2) is 36.4 Å². The molecule has 3 rings (SSSR count). The van der Waals surface area contributed by atoms with E-state index in [1.807, 2.05) is 48.2 Å². The highest BCUT2D eigenvalue weighted by Crippen LogP contribution is 2.34. The van der Waals surface area contributed by atoms with E-state index in [0.717, 1.165) is 57.7 Å². The summed E-state index contributed by atoms with van der Waals surface area (Å²) in [4.78, 5) is 4.74. The van der Waals surface area contributed by atoms with Gasteiger partial charge in [0.2, 0.25) is 0 Å². The second-order valence-electron chi connectivity index (χ2n) is 5.61. The Morgan fingerprint density at radius 2 is 1.92 bits per heavy atom. The second-order valence-corrected chi connectivity index (χ2v) is 7.65. The van der Waals surface area contributed by atoms with Gasteiger partial charge in [0.05, 0.1) is 23.8 Å². The van der Waals surface area contributed by atoms with Crippen LogP contribution < -0.4 is 10.1 Å². The Bertz CT molecular complexity index is 876. The van der Waals surface area contributed by atoms with Crippen LogP contribution in [-0.2, 0) is 0 Å². The van der Waals surface area contributed by atoms with Crippen LogP contribution in [0, 0.1) is 0 Å². The molecule has 0 radical (unpaired) electrons. The maximum absolute atomic E-state index is 6.15. The van der Waals surface area contributed by atoms with Gasteiger partial charge >= 0.3 is 0 Å². The molecule has 0 spiro atoms. The smallest absolute Gasteiger partial charge is 0.119 e. The molecule has 2 aromatic carbocycles. The van der Waals surface area contributed by atoms with Crippen molar-refractivity contribution in [3.05, 3.63) is 41.4 Å². The van der Waals surface area contributed by atoms with Crippen LogP contribution in [0.4, 0.5) is 5.69 Å². The molecule has 1 aromatic heterocycles. The average molecular weight is 432 g/mol. The number of benzene rings is 2. The molecule has 0 fully saturated rings. The summed E-state index contributed by atoms with van der Waals surface area (Å²) >= 11 is 13.7. The molecule has 0 atom stereocenters. The van der Waals surface area contributed by atoms with Gasteiger partial charge in [0.25, 0.3) is 0 Å². The van der Waals surface area contributed by atoms with Crippen molar-refractivity contribution in [1.29, 1.82) is 0 Å². The molecule has 0 aliphatic heterocycles. The molecular weight excluding hydrogens is 411 g/mol. The fraction of sp³-hybridized carbons (Fsp3) is 0.316. The van der Waals surface area contributed by atoms with Crippen molar-refractivity contribution in [3.8, 4) is 5.75 Å². The first-order chi connectivity index (χ1) is 12.2. The number of anilines is 1. The fourth-order valence-corrected chi connectivity index (χ4v) is 3.91. The highest BCUT2D eigenvalue weighted by atomic mass is 35.5. The summed E-state index contributed by atoms with van der Waals surface area (Å²) in [5.74, 6) is 3.62. The number of halogens is 3. The minimum atomic E-state index is 0. The summed E-state index contributed by atoms with van der Waals surface area (Å²) < 4.78 is 5.39. The first-order valence-corrected chi connectivity index (χ1v) is 10.2. The monoisotopic (exact) mass is 430 g/mol. The molecule has 0 bridgehead atoms. The van der Waals surface area contributed by atoms with Gasteiger partial charge in [0.15, 0.2) is 0 Å². The Morgan fingerprint density at radius 3 is 2.69 bits per heavy atom. The maximum atomic E-state index is 6.15. The lowest BCUT2D eigenvalue weighted by Gasteiger charge is -2.14. The Kier molecular flexibility index (Phi) is 8.42. The average Bonchev–Trinajstić information content (AvgIpc) is 2.63. The Labute approximate surface area is 174 Å². The predicted molar refractivity (Wildman–Crippen MR) is 119 cm³/mol. The first kappa shape index (κ1) is 21.2. The number of fused-ring (bicyclic) bond motifs is 2. The molecule has 0 unspecified atom stereocenters. The van der Waals surface area contributed by atoms with Gasteiger partial charge in [-0.25, -0.2) is 4.98 Å². The molecule has 7 heteroatoms. The Morgan fingerprint density at radius 1 is 1.08 bits per heavy atom. The second kappa shape index (κ2) is 10.3. The SMILES string of the molecule is COc1ccc2nc3cc(Cl)ccc3c(NCCCSCCCl)c2c1.Cl. The van der Waals surface area contributed by atoms with Crippen LogP contribution in [0.25, 0.3) is 21.8 Å². The van der Waals surface area contributed by atoms with Gasteiger partial charge in [0, 0.05) is 34.0 Å². The maximum Gasteiger partial charge on any atom is 0.119 e. The highest BCUT2D eigenvalue weighted by Gasteiger charge is 2.10. The van der Waals surface area contributed by atoms with E-state index >= 15 is 0 Å². The summed E-state index contributed by atoms with van der Waals surface area (Å²) in [7, 11) is 1.68. The fourth-order valence-electron chi connectivity index (χ4n) is 2.76. The third-order valence-electron chi connectivity index (χ3n) is 3.93. The van der Waals surface area contributed by atoms with Crippen LogP contribution in [0.3, 0.4) is 0 Å². The molecule has 0 saturated carbocycles. The minimum absolute atomic E-state index is 0. The van der Waals surface area contributed by atoms with Crippen molar-refractivity contribution in [3.63, 3.8) is 0 Å². The number of pyridine rings is 1. The summed E-state index contributed by atoms with van der Waals surface area (Å²) in [5, 5.41) is 6.41. The Hall–Kier alpha value is -1.07. The van der Waals surface area contributed by atoms with Gasteiger partial charge in [-0.1, -0.05) is 11.6 Å². The molecular formula is C19H21Cl3N2OS. The lowest BCUT2D eigenvalue weighted by atomic mass is 10.1. The van der Waals surface area contributed by atoms with Crippen molar-refractivity contribution in [1.82, 2.24) is 4.98 Å². The van der Waals surface area contributed by atoms with Crippen molar-refractivity contribution in [2.75, 3.05) is 36.4 Å². The normalized spacial score (nSPS) is 10.7. The number of methoxy groups -OCH3 is 1. The molecule has 26 heavy (non-hydrogen) atoms. The summed E-state index contributed by atoms with van der Waals surface area (Å²) in [6, 6.07) is 11.8. The molecule has 3 nitrogen and oxygen atoms in total. The number of hydrogen-bond donors (Lipinski definition) is 1. The van der Waals surface area contributed by atoms with Crippen LogP contribution in [0.5, 0.6) is 5.75 Å². The lowest BCUT2D eigenvalue weighted by Crippen LogP contribution is -2.05. The number of thioether (sulfide) groups is 1. The number of ether oxygens (including phenoxy) is 1. The molecule has 1 N–H and O–H groups in total. The summed E-state index contributed by atoms with van der Waals surface area (Å²) in [5.41, 5.74) is 2.90. The van der Waals surface area contributed by atoms with E-state index in [4.69, 9.17) is 32.9 Å². The van der Waals surface area contributed by atoms with E-state index in [1.165, 1.54) is 0 Å². The molecule has 0 saturated heterocycles.